The zero-order valence-corrected chi connectivity index (χ0v) is 13.4. The van der Waals surface area contributed by atoms with Crippen molar-refractivity contribution in [2.24, 2.45) is 5.41 Å². The van der Waals surface area contributed by atoms with Crippen LogP contribution in [-0.4, -0.2) is 15.9 Å². The van der Waals surface area contributed by atoms with Crippen LogP contribution in [0.3, 0.4) is 0 Å². The largest absolute Gasteiger partial charge is 0.326 e. The average molecular weight is 299 g/mol. The normalized spacial score (nSPS) is 11.3. The first kappa shape index (κ1) is 15.9. The summed E-state index contributed by atoms with van der Waals surface area (Å²) in [6.07, 6.45) is 0.441. The molecule has 0 unspecified atom stereocenters. The molecule has 0 bridgehead atoms. The minimum absolute atomic E-state index is 0.0321. The number of hydrogen-bond acceptors (Lipinski definition) is 3. The van der Waals surface area contributed by atoms with Crippen molar-refractivity contribution in [3.63, 3.8) is 0 Å². The molecule has 0 aliphatic heterocycles. The molecule has 2 aromatic rings. The smallest absolute Gasteiger partial charge is 0.251 e. The molecule has 22 heavy (non-hydrogen) atoms. The van der Waals surface area contributed by atoms with Crippen LogP contribution in [0.15, 0.2) is 35.1 Å². The van der Waals surface area contributed by atoms with Gasteiger partial charge in [-0.2, -0.15) is 0 Å². The molecule has 0 atom stereocenters. The van der Waals surface area contributed by atoms with E-state index in [1.807, 2.05) is 39.0 Å². The lowest BCUT2D eigenvalue weighted by molar-refractivity contribution is -0.117. The van der Waals surface area contributed by atoms with Gasteiger partial charge in [0, 0.05) is 29.4 Å². The SMILES string of the molecule is Cc1cc(=O)[nH]c(-c2cccc(NC(=O)CC(C)(C)C)c2)n1. The van der Waals surface area contributed by atoms with E-state index in [0.29, 0.717) is 23.6 Å². The third-order valence-corrected chi connectivity index (χ3v) is 2.98. The molecule has 0 radical (unpaired) electrons. The highest BCUT2D eigenvalue weighted by atomic mass is 16.1. The Morgan fingerprint density at radius 1 is 1.27 bits per heavy atom. The fraction of sp³-hybridized carbons (Fsp3) is 0.353. The van der Waals surface area contributed by atoms with Crippen molar-refractivity contribution < 1.29 is 4.79 Å². The number of benzene rings is 1. The first-order valence-corrected chi connectivity index (χ1v) is 7.21. The van der Waals surface area contributed by atoms with Crippen molar-refractivity contribution in [2.45, 2.75) is 34.1 Å². The zero-order valence-electron chi connectivity index (χ0n) is 13.4. The molecule has 0 spiro atoms. The number of hydrogen-bond donors (Lipinski definition) is 2. The first-order valence-electron chi connectivity index (χ1n) is 7.21. The monoisotopic (exact) mass is 299 g/mol. The highest BCUT2D eigenvalue weighted by Crippen LogP contribution is 2.22. The predicted octanol–water partition coefficient (Wildman–Crippen LogP) is 3.12. The number of aryl methyl sites for hydroxylation is 1. The van der Waals surface area contributed by atoms with Gasteiger partial charge in [0.25, 0.3) is 5.56 Å². The Morgan fingerprint density at radius 2 is 2.00 bits per heavy atom. The van der Waals surface area contributed by atoms with E-state index in [9.17, 15) is 9.59 Å². The van der Waals surface area contributed by atoms with Crippen LogP contribution in [0, 0.1) is 12.3 Å². The van der Waals surface area contributed by atoms with Crippen LogP contribution >= 0.6 is 0 Å². The fourth-order valence-corrected chi connectivity index (χ4v) is 2.15. The van der Waals surface area contributed by atoms with E-state index in [0.717, 1.165) is 5.56 Å². The Hall–Kier alpha value is -2.43. The number of nitrogens with one attached hydrogen (secondary N) is 2. The maximum absolute atomic E-state index is 12.0. The van der Waals surface area contributed by atoms with Gasteiger partial charge in [-0.25, -0.2) is 4.98 Å². The van der Waals surface area contributed by atoms with Crippen molar-refractivity contribution in [1.29, 1.82) is 0 Å². The quantitative estimate of drug-likeness (QED) is 0.914. The summed E-state index contributed by atoms with van der Waals surface area (Å²) in [5.41, 5.74) is 1.85. The number of carbonyl (C=O) groups excluding carboxylic acids is 1. The van der Waals surface area contributed by atoms with Crippen molar-refractivity contribution >= 4 is 11.6 Å². The standard InChI is InChI=1S/C17H21N3O2/c1-11-8-14(21)20-16(18-11)12-6-5-7-13(9-12)19-15(22)10-17(2,3)4/h5-9H,10H2,1-4H3,(H,19,22)(H,18,20,21). The Labute approximate surface area is 129 Å². The van der Waals surface area contributed by atoms with E-state index >= 15 is 0 Å². The molecule has 2 N–H and O–H groups in total. The number of anilines is 1. The molecular weight excluding hydrogens is 278 g/mol. The molecule has 5 heteroatoms. The summed E-state index contributed by atoms with van der Waals surface area (Å²) in [7, 11) is 0. The summed E-state index contributed by atoms with van der Waals surface area (Å²) in [6, 6.07) is 8.73. The van der Waals surface area contributed by atoms with Crippen LogP contribution in [0.4, 0.5) is 5.69 Å². The molecule has 2 rings (SSSR count). The topological polar surface area (TPSA) is 74.8 Å². The van der Waals surface area contributed by atoms with Gasteiger partial charge in [-0.15, -0.1) is 0 Å². The Morgan fingerprint density at radius 3 is 2.64 bits per heavy atom. The molecule has 5 nitrogen and oxygen atoms in total. The summed E-state index contributed by atoms with van der Waals surface area (Å²) >= 11 is 0. The summed E-state index contributed by atoms with van der Waals surface area (Å²) in [4.78, 5) is 30.6. The van der Waals surface area contributed by atoms with Crippen LogP contribution in [0.5, 0.6) is 0 Å². The second-order valence-corrected chi connectivity index (χ2v) is 6.60. The average Bonchev–Trinajstić information content (AvgIpc) is 2.35. The lowest BCUT2D eigenvalue weighted by Gasteiger charge is -2.17. The highest BCUT2D eigenvalue weighted by Gasteiger charge is 2.16. The van der Waals surface area contributed by atoms with Crippen molar-refractivity contribution in [3.05, 3.63) is 46.4 Å². The van der Waals surface area contributed by atoms with Crippen molar-refractivity contribution in [1.82, 2.24) is 9.97 Å². The van der Waals surface area contributed by atoms with Crippen molar-refractivity contribution in [3.8, 4) is 11.4 Å². The Bertz CT molecular complexity index is 742. The van der Waals surface area contributed by atoms with E-state index in [4.69, 9.17) is 0 Å². The van der Waals surface area contributed by atoms with E-state index in [1.54, 1.807) is 13.0 Å². The molecule has 0 aliphatic rings. The second kappa shape index (κ2) is 6.13. The van der Waals surface area contributed by atoms with Gasteiger partial charge in [-0.1, -0.05) is 32.9 Å². The minimum atomic E-state index is -0.190. The molecule has 1 heterocycles. The van der Waals surface area contributed by atoms with Gasteiger partial charge in [0.2, 0.25) is 5.91 Å². The molecule has 0 fully saturated rings. The number of aromatic amines is 1. The van der Waals surface area contributed by atoms with Crippen LogP contribution in [-0.2, 0) is 4.79 Å². The highest BCUT2D eigenvalue weighted by molar-refractivity contribution is 5.91. The number of amides is 1. The predicted molar refractivity (Wildman–Crippen MR) is 87.7 cm³/mol. The van der Waals surface area contributed by atoms with Gasteiger partial charge < -0.3 is 10.3 Å². The summed E-state index contributed by atoms with van der Waals surface area (Å²) < 4.78 is 0. The molecule has 0 saturated heterocycles. The lowest BCUT2D eigenvalue weighted by atomic mass is 9.92. The third-order valence-electron chi connectivity index (χ3n) is 2.98. The number of H-pyrrole nitrogens is 1. The molecule has 1 amide bonds. The van der Waals surface area contributed by atoms with E-state index < -0.39 is 0 Å². The van der Waals surface area contributed by atoms with Gasteiger partial charge >= 0.3 is 0 Å². The minimum Gasteiger partial charge on any atom is -0.326 e. The van der Waals surface area contributed by atoms with Gasteiger partial charge in [0.05, 0.1) is 0 Å². The molecule has 1 aromatic heterocycles. The van der Waals surface area contributed by atoms with E-state index in [2.05, 4.69) is 15.3 Å². The third kappa shape index (κ3) is 4.55. The Balaban J connectivity index is 2.23. The number of nitrogens with zero attached hydrogens (tertiary/aromatic N) is 1. The molecule has 1 aromatic carbocycles. The zero-order chi connectivity index (χ0) is 16.3. The molecular formula is C17H21N3O2. The first-order chi connectivity index (χ1) is 10.2. The molecule has 0 saturated carbocycles. The number of rotatable bonds is 3. The molecule has 0 aliphatic carbocycles. The van der Waals surface area contributed by atoms with Crippen LogP contribution in [0.25, 0.3) is 11.4 Å². The van der Waals surface area contributed by atoms with Gasteiger partial charge in [0.15, 0.2) is 0 Å². The van der Waals surface area contributed by atoms with Gasteiger partial charge in [-0.3, -0.25) is 9.59 Å². The Kier molecular flexibility index (Phi) is 4.45. The van der Waals surface area contributed by atoms with E-state index in [1.165, 1.54) is 6.07 Å². The van der Waals surface area contributed by atoms with Crippen molar-refractivity contribution in [2.75, 3.05) is 5.32 Å². The number of aromatic nitrogens is 2. The lowest BCUT2D eigenvalue weighted by Crippen LogP contribution is -2.19. The maximum Gasteiger partial charge on any atom is 0.251 e. The molecule has 116 valence electrons. The maximum atomic E-state index is 12.0. The summed E-state index contributed by atoms with van der Waals surface area (Å²) in [6.45, 7) is 7.83. The summed E-state index contributed by atoms with van der Waals surface area (Å²) in [5.74, 6) is 0.465. The number of carbonyl (C=O) groups is 1. The van der Waals surface area contributed by atoms with Gasteiger partial charge in [0.1, 0.15) is 5.82 Å². The second-order valence-electron chi connectivity index (χ2n) is 6.60. The van der Waals surface area contributed by atoms with Gasteiger partial charge in [-0.05, 0) is 24.5 Å². The fourth-order valence-electron chi connectivity index (χ4n) is 2.15. The van der Waals surface area contributed by atoms with Crippen LogP contribution in [0.1, 0.15) is 32.9 Å². The summed E-state index contributed by atoms with van der Waals surface area (Å²) in [5, 5.41) is 2.88. The van der Waals surface area contributed by atoms with E-state index in [-0.39, 0.29) is 16.9 Å². The van der Waals surface area contributed by atoms with Crippen LogP contribution < -0.4 is 10.9 Å². The van der Waals surface area contributed by atoms with Crippen LogP contribution in [0.2, 0.25) is 0 Å².